The minimum atomic E-state index is 0. The predicted octanol–water partition coefficient (Wildman–Crippen LogP) is 2.91. The number of halogens is 1. The molecule has 3 rings (SSSR count). The van der Waals surface area contributed by atoms with Crippen molar-refractivity contribution in [1.82, 2.24) is 4.90 Å². The molecule has 0 spiro atoms. The zero-order chi connectivity index (χ0) is 16.1. The minimum Gasteiger partial charge on any atom is -0.381 e. The van der Waals surface area contributed by atoms with Crippen LogP contribution in [0.1, 0.15) is 36.8 Å². The number of hydrogen-bond acceptors (Lipinski definition) is 3. The van der Waals surface area contributed by atoms with E-state index in [2.05, 4.69) is 34.2 Å². The maximum absolute atomic E-state index is 6.04. The van der Waals surface area contributed by atoms with E-state index >= 15 is 0 Å². The van der Waals surface area contributed by atoms with Gasteiger partial charge in [0.25, 0.3) is 0 Å². The van der Waals surface area contributed by atoms with Crippen molar-refractivity contribution in [2.75, 3.05) is 20.3 Å². The first-order chi connectivity index (χ1) is 11.2. The number of ether oxygens (including phenoxy) is 2. The van der Waals surface area contributed by atoms with Crippen molar-refractivity contribution in [1.29, 1.82) is 0 Å². The number of hydrogen-bond donors (Lipinski definition) is 1. The molecular weight excluding hydrogens is 417 g/mol. The molecule has 1 aliphatic carbocycles. The van der Waals surface area contributed by atoms with E-state index in [4.69, 9.17) is 15.2 Å². The van der Waals surface area contributed by atoms with Crippen LogP contribution in [0.3, 0.4) is 0 Å². The lowest BCUT2D eigenvalue weighted by atomic mass is 10.1. The van der Waals surface area contributed by atoms with E-state index < -0.39 is 0 Å². The third-order valence-corrected chi connectivity index (χ3v) is 4.53. The summed E-state index contributed by atoms with van der Waals surface area (Å²) in [4.78, 5) is 6.59. The molecule has 2 fully saturated rings. The molecule has 1 saturated carbocycles. The van der Waals surface area contributed by atoms with Gasteiger partial charge in [0.05, 0.1) is 19.3 Å². The van der Waals surface area contributed by atoms with Gasteiger partial charge in [0.2, 0.25) is 0 Å². The zero-order valence-corrected chi connectivity index (χ0v) is 16.6. The van der Waals surface area contributed by atoms with E-state index in [0.717, 1.165) is 26.1 Å². The van der Waals surface area contributed by atoms with Crippen LogP contribution in [-0.4, -0.2) is 43.3 Å². The largest absolute Gasteiger partial charge is 0.381 e. The molecule has 1 saturated heterocycles. The summed E-state index contributed by atoms with van der Waals surface area (Å²) in [6.45, 7) is 2.90. The molecule has 0 bridgehead atoms. The number of benzene rings is 1. The van der Waals surface area contributed by atoms with Crippen molar-refractivity contribution in [3.63, 3.8) is 0 Å². The fraction of sp³-hybridized carbons (Fsp3) is 0.611. The Labute approximate surface area is 161 Å². The van der Waals surface area contributed by atoms with Crippen molar-refractivity contribution in [2.24, 2.45) is 10.7 Å². The second-order valence-corrected chi connectivity index (χ2v) is 6.46. The molecule has 1 aromatic rings. The molecule has 2 aliphatic rings. The third-order valence-electron chi connectivity index (χ3n) is 4.53. The molecule has 0 unspecified atom stereocenters. The van der Waals surface area contributed by atoms with Crippen LogP contribution >= 0.6 is 24.0 Å². The minimum absolute atomic E-state index is 0. The molecular formula is C18H28IN3O2. The molecule has 2 N–H and O–H groups in total. The van der Waals surface area contributed by atoms with Gasteiger partial charge in [-0.1, -0.05) is 24.3 Å². The molecule has 5 nitrogen and oxygen atoms in total. The van der Waals surface area contributed by atoms with Crippen LogP contribution in [0, 0.1) is 0 Å². The Morgan fingerprint density at radius 3 is 2.67 bits per heavy atom. The van der Waals surface area contributed by atoms with Crippen LogP contribution in [-0.2, 0) is 22.6 Å². The highest BCUT2D eigenvalue weighted by molar-refractivity contribution is 14.0. The summed E-state index contributed by atoms with van der Waals surface area (Å²) in [5.41, 5.74) is 8.40. The Morgan fingerprint density at radius 2 is 1.96 bits per heavy atom. The molecule has 134 valence electrons. The SMILES string of the molecule is CN(C(N)=NCc1cccc(COC2CCOCC2)c1)C1CC1.I. The standard InChI is InChI=1S/C18H27N3O2.HI/c1-21(16-5-6-16)18(19)20-12-14-3-2-4-15(11-14)13-23-17-7-9-22-10-8-17;/h2-4,11,16-17H,5-10,12-13H2,1H3,(H2,19,20);1H. The topological polar surface area (TPSA) is 60.1 Å². The molecule has 0 amide bonds. The summed E-state index contributed by atoms with van der Waals surface area (Å²) < 4.78 is 11.3. The van der Waals surface area contributed by atoms with Crippen molar-refractivity contribution in [2.45, 2.75) is 51.0 Å². The summed E-state index contributed by atoms with van der Waals surface area (Å²) >= 11 is 0. The maximum Gasteiger partial charge on any atom is 0.191 e. The number of guanidine groups is 1. The summed E-state index contributed by atoms with van der Waals surface area (Å²) in [5.74, 6) is 0.636. The summed E-state index contributed by atoms with van der Waals surface area (Å²) in [6.07, 6.45) is 4.77. The van der Waals surface area contributed by atoms with Gasteiger partial charge >= 0.3 is 0 Å². The van der Waals surface area contributed by atoms with Gasteiger partial charge in [0, 0.05) is 26.3 Å². The average Bonchev–Trinajstić information content (AvgIpc) is 3.43. The first-order valence-corrected chi connectivity index (χ1v) is 8.52. The molecule has 24 heavy (non-hydrogen) atoms. The molecule has 1 aromatic carbocycles. The van der Waals surface area contributed by atoms with Gasteiger partial charge in [0.15, 0.2) is 5.96 Å². The van der Waals surface area contributed by atoms with Crippen LogP contribution in [0.2, 0.25) is 0 Å². The van der Waals surface area contributed by atoms with Gasteiger partial charge < -0.3 is 20.1 Å². The first-order valence-electron chi connectivity index (χ1n) is 8.52. The van der Waals surface area contributed by atoms with Crippen molar-refractivity contribution in [3.8, 4) is 0 Å². The van der Waals surface area contributed by atoms with Gasteiger partial charge in [-0.3, -0.25) is 0 Å². The molecule has 0 atom stereocenters. The number of rotatable bonds is 6. The fourth-order valence-corrected chi connectivity index (χ4v) is 2.81. The normalized spacial score (nSPS) is 19.0. The Bertz CT molecular complexity index is 543. The molecule has 0 aromatic heterocycles. The summed E-state index contributed by atoms with van der Waals surface area (Å²) in [7, 11) is 2.02. The quantitative estimate of drug-likeness (QED) is 0.416. The van der Waals surface area contributed by atoms with Crippen molar-refractivity contribution < 1.29 is 9.47 Å². The lowest BCUT2D eigenvalue weighted by Crippen LogP contribution is -2.35. The number of nitrogens with two attached hydrogens (primary N) is 1. The molecule has 6 heteroatoms. The van der Waals surface area contributed by atoms with Crippen molar-refractivity contribution >= 4 is 29.9 Å². The van der Waals surface area contributed by atoms with Gasteiger partial charge in [-0.15, -0.1) is 24.0 Å². The van der Waals surface area contributed by atoms with E-state index in [1.165, 1.54) is 24.0 Å². The molecule has 1 heterocycles. The number of aliphatic imine (C=N–C) groups is 1. The van der Waals surface area contributed by atoms with E-state index in [9.17, 15) is 0 Å². The lowest BCUT2D eigenvalue weighted by Gasteiger charge is -2.22. The summed E-state index contributed by atoms with van der Waals surface area (Å²) in [5, 5.41) is 0. The van der Waals surface area contributed by atoms with Crippen LogP contribution in [0.15, 0.2) is 29.3 Å². The third kappa shape index (κ3) is 5.89. The Kier molecular flexibility index (Phi) is 7.77. The summed E-state index contributed by atoms with van der Waals surface area (Å²) in [6, 6.07) is 9.01. The van der Waals surface area contributed by atoms with E-state index in [1.54, 1.807) is 0 Å². The van der Waals surface area contributed by atoms with E-state index in [-0.39, 0.29) is 24.0 Å². The second kappa shape index (κ2) is 9.58. The highest BCUT2D eigenvalue weighted by Gasteiger charge is 2.27. The Morgan fingerprint density at radius 1 is 1.25 bits per heavy atom. The maximum atomic E-state index is 6.04. The lowest BCUT2D eigenvalue weighted by molar-refractivity contribution is -0.0390. The van der Waals surface area contributed by atoms with Crippen LogP contribution < -0.4 is 5.73 Å². The second-order valence-electron chi connectivity index (χ2n) is 6.46. The van der Waals surface area contributed by atoms with Crippen LogP contribution in [0.5, 0.6) is 0 Å². The highest BCUT2D eigenvalue weighted by atomic mass is 127. The fourth-order valence-electron chi connectivity index (χ4n) is 2.81. The van der Waals surface area contributed by atoms with Crippen LogP contribution in [0.4, 0.5) is 0 Å². The molecule has 0 radical (unpaired) electrons. The molecule has 1 aliphatic heterocycles. The van der Waals surface area contributed by atoms with Gasteiger partial charge in [-0.05, 0) is 36.8 Å². The van der Waals surface area contributed by atoms with E-state index in [0.29, 0.717) is 31.3 Å². The van der Waals surface area contributed by atoms with Gasteiger partial charge in [-0.2, -0.15) is 0 Å². The van der Waals surface area contributed by atoms with Crippen LogP contribution in [0.25, 0.3) is 0 Å². The average molecular weight is 445 g/mol. The Hall–Kier alpha value is -0.860. The van der Waals surface area contributed by atoms with Gasteiger partial charge in [-0.25, -0.2) is 4.99 Å². The van der Waals surface area contributed by atoms with Crippen molar-refractivity contribution in [3.05, 3.63) is 35.4 Å². The predicted molar refractivity (Wildman–Crippen MR) is 107 cm³/mol. The van der Waals surface area contributed by atoms with Gasteiger partial charge in [0.1, 0.15) is 0 Å². The van der Waals surface area contributed by atoms with E-state index in [1.807, 2.05) is 7.05 Å². The zero-order valence-electron chi connectivity index (χ0n) is 14.3. The number of nitrogens with zero attached hydrogens (tertiary/aromatic N) is 2. The highest BCUT2D eigenvalue weighted by Crippen LogP contribution is 2.25. The smallest absolute Gasteiger partial charge is 0.191 e. The first kappa shape index (κ1) is 19.5. The monoisotopic (exact) mass is 445 g/mol. The Balaban J connectivity index is 0.00000208.